The summed E-state index contributed by atoms with van der Waals surface area (Å²) in [6.07, 6.45) is 0.737. The average Bonchev–Trinajstić information content (AvgIpc) is 2.55. The quantitative estimate of drug-likeness (QED) is 0.787. The van der Waals surface area contributed by atoms with E-state index in [4.69, 9.17) is 10.00 Å². The molecule has 2 aromatic rings. The number of aryl methyl sites for hydroxylation is 1. The normalized spacial score (nSPS) is 10.0. The van der Waals surface area contributed by atoms with Crippen LogP contribution in [0.2, 0.25) is 0 Å². The van der Waals surface area contributed by atoms with Crippen LogP contribution in [0.4, 0.5) is 0 Å². The minimum absolute atomic E-state index is 0.0167. The highest BCUT2D eigenvalue weighted by Gasteiger charge is 2.12. The van der Waals surface area contributed by atoms with E-state index in [2.05, 4.69) is 5.10 Å². The van der Waals surface area contributed by atoms with Gasteiger partial charge in [-0.25, -0.2) is 9.48 Å². The molecule has 6 nitrogen and oxygen atoms in total. The third-order valence-electron chi connectivity index (χ3n) is 3.01. The van der Waals surface area contributed by atoms with Crippen molar-refractivity contribution in [3.8, 4) is 6.07 Å². The molecule has 1 aromatic carbocycles. The zero-order chi connectivity index (χ0) is 15.9. The van der Waals surface area contributed by atoms with Gasteiger partial charge in [0.1, 0.15) is 6.61 Å². The van der Waals surface area contributed by atoms with Crippen LogP contribution in [0.15, 0.2) is 41.2 Å². The van der Waals surface area contributed by atoms with E-state index >= 15 is 0 Å². The average molecular weight is 297 g/mol. The Kier molecular flexibility index (Phi) is 5.04. The summed E-state index contributed by atoms with van der Waals surface area (Å²) in [5.74, 6) is -0.627. The SMILES string of the molecule is CCCn1nc(C(=O)OCc2ccccc2C#N)ccc1=O. The summed E-state index contributed by atoms with van der Waals surface area (Å²) in [5.41, 5.74) is 0.898. The lowest BCUT2D eigenvalue weighted by molar-refractivity contribution is 0.0462. The predicted octanol–water partition coefficient (Wildman–Crippen LogP) is 1.88. The van der Waals surface area contributed by atoms with Crippen molar-refractivity contribution in [3.05, 3.63) is 63.6 Å². The summed E-state index contributed by atoms with van der Waals surface area (Å²) in [6, 6.07) is 11.6. The Bertz CT molecular complexity index is 775. The van der Waals surface area contributed by atoms with E-state index in [1.165, 1.54) is 16.8 Å². The molecule has 0 N–H and O–H groups in total. The molecule has 0 radical (unpaired) electrons. The van der Waals surface area contributed by atoms with Gasteiger partial charge in [0.15, 0.2) is 5.69 Å². The molecule has 6 heteroatoms. The molecule has 22 heavy (non-hydrogen) atoms. The van der Waals surface area contributed by atoms with Gasteiger partial charge in [0, 0.05) is 18.2 Å². The number of esters is 1. The molecule has 0 amide bonds. The Hall–Kier alpha value is -2.94. The molecule has 0 saturated carbocycles. The molecule has 0 aliphatic heterocycles. The zero-order valence-electron chi connectivity index (χ0n) is 12.2. The molecule has 2 rings (SSSR count). The molecule has 0 bridgehead atoms. The summed E-state index contributed by atoms with van der Waals surface area (Å²) in [6.45, 7) is 2.34. The number of nitrogens with zero attached hydrogens (tertiary/aromatic N) is 3. The Morgan fingerprint density at radius 1 is 1.32 bits per heavy atom. The maximum atomic E-state index is 12.0. The van der Waals surface area contributed by atoms with Crippen molar-refractivity contribution in [2.45, 2.75) is 26.5 Å². The van der Waals surface area contributed by atoms with Crippen molar-refractivity contribution in [1.29, 1.82) is 5.26 Å². The van der Waals surface area contributed by atoms with Crippen LogP contribution >= 0.6 is 0 Å². The van der Waals surface area contributed by atoms with Gasteiger partial charge in [-0.05, 0) is 18.6 Å². The highest BCUT2D eigenvalue weighted by atomic mass is 16.5. The number of ether oxygens (including phenoxy) is 1. The first kappa shape index (κ1) is 15.4. The molecule has 0 aliphatic rings. The third-order valence-corrected chi connectivity index (χ3v) is 3.01. The van der Waals surface area contributed by atoms with Crippen LogP contribution in [-0.4, -0.2) is 15.7 Å². The molecular weight excluding hydrogens is 282 g/mol. The lowest BCUT2D eigenvalue weighted by Crippen LogP contribution is -2.24. The fraction of sp³-hybridized carbons (Fsp3) is 0.250. The second kappa shape index (κ2) is 7.18. The lowest BCUT2D eigenvalue weighted by Gasteiger charge is -2.07. The molecule has 1 aromatic heterocycles. The standard InChI is InChI=1S/C16H15N3O3/c1-2-9-19-15(20)8-7-14(18-19)16(21)22-11-13-6-4-3-5-12(13)10-17/h3-8H,2,9,11H2,1H3. The van der Waals surface area contributed by atoms with E-state index in [0.717, 1.165) is 6.42 Å². The first-order valence-electron chi connectivity index (χ1n) is 6.89. The molecule has 0 aliphatic carbocycles. The van der Waals surface area contributed by atoms with Crippen molar-refractivity contribution in [3.63, 3.8) is 0 Å². The maximum absolute atomic E-state index is 12.0. The van der Waals surface area contributed by atoms with E-state index in [9.17, 15) is 9.59 Å². The molecule has 0 unspecified atom stereocenters. The topological polar surface area (TPSA) is 85.0 Å². The van der Waals surface area contributed by atoms with Gasteiger partial charge in [0.2, 0.25) is 0 Å². The smallest absolute Gasteiger partial charge is 0.359 e. The number of rotatable bonds is 5. The van der Waals surface area contributed by atoms with Gasteiger partial charge in [0.25, 0.3) is 5.56 Å². The molecule has 0 atom stereocenters. The summed E-state index contributed by atoms with van der Waals surface area (Å²) in [5, 5.41) is 13.0. The summed E-state index contributed by atoms with van der Waals surface area (Å²) in [4.78, 5) is 23.6. The van der Waals surface area contributed by atoms with Crippen LogP contribution in [0, 0.1) is 11.3 Å². The fourth-order valence-corrected chi connectivity index (χ4v) is 1.90. The lowest BCUT2D eigenvalue weighted by atomic mass is 10.1. The Labute approximate surface area is 127 Å². The van der Waals surface area contributed by atoms with Gasteiger partial charge in [0.05, 0.1) is 11.6 Å². The second-order valence-corrected chi connectivity index (χ2v) is 4.63. The van der Waals surface area contributed by atoms with E-state index < -0.39 is 5.97 Å². The van der Waals surface area contributed by atoms with Gasteiger partial charge in [-0.1, -0.05) is 25.1 Å². The van der Waals surface area contributed by atoms with Crippen LogP contribution < -0.4 is 5.56 Å². The minimum Gasteiger partial charge on any atom is -0.456 e. The van der Waals surface area contributed by atoms with E-state index in [1.807, 2.05) is 13.0 Å². The first-order chi connectivity index (χ1) is 10.7. The predicted molar refractivity (Wildman–Crippen MR) is 79.1 cm³/mol. The molecule has 112 valence electrons. The number of benzene rings is 1. The number of carbonyl (C=O) groups is 1. The highest BCUT2D eigenvalue weighted by Crippen LogP contribution is 2.09. The van der Waals surface area contributed by atoms with Crippen molar-refractivity contribution < 1.29 is 9.53 Å². The van der Waals surface area contributed by atoms with Crippen molar-refractivity contribution >= 4 is 5.97 Å². The maximum Gasteiger partial charge on any atom is 0.359 e. The minimum atomic E-state index is -0.627. The van der Waals surface area contributed by atoms with Crippen LogP contribution in [0.1, 0.15) is 35.0 Å². The van der Waals surface area contributed by atoms with E-state index in [-0.39, 0.29) is 17.9 Å². The number of hydrogen-bond acceptors (Lipinski definition) is 5. The summed E-state index contributed by atoms with van der Waals surface area (Å²) in [7, 11) is 0. The van der Waals surface area contributed by atoms with E-state index in [1.54, 1.807) is 24.3 Å². The van der Waals surface area contributed by atoms with Gasteiger partial charge in [-0.15, -0.1) is 0 Å². The molecular formula is C16H15N3O3. The van der Waals surface area contributed by atoms with Gasteiger partial charge in [-0.3, -0.25) is 4.79 Å². The van der Waals surface area contributed by atoms with E-state index in [0.29, 0.717) is 17.7 Å². The summed E-state index contributed by atoms with van der Waals surface area (Å²) < 4.78 is 6.40. The van der Waals surface area contributed by atoms with Crippen LogP contribution in [0.3, 0.4) is 0 Å². The van der Waals surface area contributed by atoms with Crippen molar-refractivity contribution in [2.75, 3.05) is 0 Å². The number of hydrogen-bond donors (Lipinski definition) is 0. The van der Waals surface area contributed by atoms with Crippen LogP contribution in [0.5, 0.6) is 0 Å². The molecule has 0 fully saturated rings. The Balaban J connectivity index is 2.11. The number of aromatic nitrogens is 2. The monoisotopic (exact) mass is 297 g/mol. The van der Waals surface area contributed by atoms with Gasteiger partial charge < -0.3 is 4.74 Å². The number of nitriles is 1. The first-order valence-corrected chi connectivity index (χ1v) is 6.89. The Morgan fingerprint density at radius 3 is 2.82 bits per heavy atom. The number of carbonyl (C=O) groups excluding carboxylic acids is 1. The van der Waals surface area contributed by atoms with Crippen molar-refractivity contribution in [1.82, 2.24) is 9.78 Å². The van der Waals surface area contributed by atoms with Crippen molar-refractivity contribution in [2.24, 2.45) is 0 Å². The third kappa shape index (κ3) is 3.58. The Morgan fingerprint density at radius 2 is 2.09 bits per heavy atom. The molecule has 0 spiro atoms. The molecule has 0 saturated heterocycles. The largest absolute Gasteiger partial charge is 0.456 e. The summed E-state index contributed by atoms with van der Waals surface area (Å²) >= 11 is 0. The fourth-order valence-electron chi connectivity index (χ4n) is 1.90. The zero-order valence-corrected chi connectivity index (χ0v) is 12.2. The second-order valence-electron chi connectivity index (χ2n) is 4.63. The van der Waals surface area contributed by atoms with Crippen LogP contribution in [-0.2, 0) is 17.9 Å². The van der Waals surface area contributed by atoms with Gasteiger partial charge in [-0.2, -0.15) is 10.4 Å². The highest BCUT2D eigenvalue weighted by molar-refractivity contribution is 5.86. The molecule has 1 heterocycles. The van der Waals surface area contributed by atoms with Crippen LogP contribution in [0.25, 0.3) is 0 Å². The van der Waals surface area contributed by atoms with Gasteiger partial charge >= 0.3 is 5.97 Å².